The number of nitrogens with two attached hydrogens (primary N) is 1. The van der Waals surface area contributed by atoms with Gasteiger partial charge in [0, 0.05) is 24.2 Å². The SMILES string of the molecule is N=C(N)c1ccc(-c2ccc(C(=O)N3CCC(C(=O)O)CC3)cc2)cc1. The van der Waals surface area contributed by atoms with Crippen LogP contribution in [0.4, 0.5) is 0 Å². The molecule has 0 bridgehead atoms. The third-order valence-corrected chi connectivity index (χ3v) is 4.79. The first-order valence-electron chi connectivity index (χ1n) is 8.52. The van der Waals surface area contributed by atoms with Crippen molar-refractivity contribution in [3.8, 4) is 11.1 Å². The van der Waals surface area contributed by atoms with Gasteiger partial charge in [-0.15, -0.1) is 0 Å². The lowest BCUT2D eigenvalue weighted by atomic mass is 9.96. The fourth-order valence-corrected chi connectivity index (χ4v) is 3.16. The van der Waals surface area contributed by atoms with Gasteiger partial charge in [0.1, 0.15) is 5.84 Å². The maximum absolute atomic E-state index is 12.6. The minimum atomic E-state index is -0.780. The number of aliphatic carboxylic acids is 1. The number of carboxylic acid groups (broad SMARTS) is 1. The lowest BCUT2D eigenvalue weighted by Gasteiger charge is -2.30. The van der Waals surface area contributed by atoms with Crippen molar-refractivity contribution in [2.24, 2.45) is 11.7 Å². The van der Waals surface area contributed by atoms with Crippen LogP contribution in [-0.2, 0) is 4.79 Å². The molecule has 3 rings (SSSR count). The molecule has 0 unspecified atom stereocenters. The summed E-state index contributed by atoms with van der Waals surface area (Å²) in [5.74, 6) is -1.16. The number of nitrogen functional groups attached to an aromatic ring is 1. The molecule has 1 aliphatic rings. The zero-order valence-corrected chi connectivity index (χ0v) is 14.3. The van der Waals surface area contributed by atoms with Crippen LogP contribution >= 0.6 is 0 Å². The summed E-state index contributed by atoms with van der Waals surface area (Å²) in [5, 5.41) is 16.5. The molecule has 6 heteroatoms. The van der Waals surface area contributed by atoms with E-state index in [-0.39, 0.29) is 17.7 Å². The molecule has 0 aromatic heterocycles. The van der Waals surface area contributed by atoms with E-state index >= 15 is 0 Å². The number of nitrogens with one attached hydrogen (secondary N) is 1. The van der Waals surface area contributed by atoms with E-state index in [1.54, 1.807) is 29.2 Å². The summed E-state index contributed by atoms with van der Waals surface area (Å²) in [6.07, 6.45) is 1.00. The van der Waals surface area contributed by atoms with E-state index in [9.17, 15) is 9.59 Å². The van der Waals surface area contributed by atoms with E-state index in [2.05, 4.69) is 0 Å². The Morgan fingerprint density at radius 3 is 1.81 bits per heavy atom. The van der Waals surface area contributed by atoms with E-state index in [4.69, 9.17) is 16.2 Å². The number of benzene rings is 2. The van der Waals surface area contributed by atoms with Crippen LogP contribution < -0.4 is 5.73 Å². The number of hydrogen-bond acceptors (Lipinski definition) is 3. The van der Waals surface area contributed by atoms with Crippen molar-refractivity contribution in [1.82, 2.24) is 4.90 Å². The van der Waals surface area contributed by atoms with Crippen molar-refractivity contribution in [2.75, 3.05) is 13.1 Å². The number of amidine groups is 1. The summed E-state index contributed by atoms with van der Waals surface area (Å²) >= 11 is 0. The highest BCUT2D eigenvalue weighted by Gasteiger charge is 2.27. The standard InChI is InChI=1S/C20H21N3O3/c21-18(22)15-5-1-13(2-6-15)14-3-7-16(8-4-14)19(24)23-11-9-17(10-12-23)20(25)26/h1-8,17H,9-12H2,(H3,21,22)(H,25,26). The molecule has 1 heterocycles. The van der Waals surface area contributed by atoms with Crippen molar-refractivity contribution in [2.45, 2.75) is 12.8 Å². The second kappa shape index (κ2) is 7.39. The van der Waals surface area contributed by atoms with Crippen LogP contribution in [0.2, 0.25) is 0 Å². The third kappa shape index (κ3) is 3.74. The van der Waals surface area contributed by atoms with Gasteiger partial charge >= 0.3 is 5.97 Å². The van der Waals surface area contributed by atoms with E-state index in [0.29, 0.717) is 37.1 Å². The summed E-state index contributed by atoms with van der Waals surface area (Å²) in [5.41, 5.74) is 8.69. The van der Waals surface area contributed by atoms with E-state index in [0.717, 1.165) is 11.1 Å². The molecule has 1 fully saturated rings. The van der Waals surface area contributed by atoms with Gasteiger partial charge < -0.3 is 15.7 Å². The van der Waals surface area contributed by atoms with E-state index < -0.39 is 5.97 Å². The zero-order valence-electron chi connectivity index (χ0n) is 14.3. The minimum Gasteiger partial charge on any atom is -0.481 e. The molecule has 0 radical (unpaired) electrons. The van der Waals surface area contributed by atoms with Crippen molar-refractivity contribution >= 4 is 17.7 Å². The van der Waals surface area contributed by atoms with Gasteiger partial charge in [-0.05, 0) is 36.1 Å². The molecule has 4 N–H and O–H groups in total. The summed E-state index contributed by atoms with van der Waals surface area (Å²) in [6, 6.07) is 14.7. The van der Waals surface area contributed by atoms with Crippen LogP contribution in [0, 0.1) is 11.3 Å². The van der Waals surface area contributed by atoms with Crippen LogP contribution in [0.5, 0.6) is 0 Å². The number of nitrogens with zero attached hydrogens (tertiary/aromatic N) is 1. The molecule has 1 aliphatic heterocycles. The Morgan fingerprint density at radius 2 is 1.38 bits per heavy atom. The monoisotopic (exact) mass is 351 g/mol. The number of carboxylic acids is 1. The molecule has 2 aromatic carbocycles. The van der Waals surface area contributed by atoms with Gasteiger partial charge in [-0.2, -0.15) is 0 Å². The molecule has 26 heavy (non-hydrogen) atoms. The number of amides is 1. The Bertz CT molecular complexity index is 820. The quantitative estimate of drug-likeness (QED) is 0.581. The molecule has 0 saturated carbocycles. The van der Waals surface area contributed by atoms with Crippen molar-refractivity contribution in [3.63, 3.8) is 0 Å². The number of hydrogen-bond donors (Lipinski definition) is 3. The van der Waals surface area contributed by atoms with E-state index in [1.807, 2.05) is 24.3 Å². The van der Waals surface area contributed by atoms with Gasteiger partial charge in [-0.3, -0.25) is 15.0 Å². The number of rotatable bonds is 4. The molecule has 134 valence electrons. The lowest BCUT2D eigenvalue weighted by molar-refractivity contribution is -0.143. The zero-order chi connectivity index (χ0) is 18.7. The topological polar surface area (TPSA) is 107 Å². The van der Waals surface area contributed by atoms with Crippen LogP contribution in [0.15, 0.2) is 48.5 Å². The van der Waals surface area contributed by atoms with Crippen molar-refractivity contribution < 1.29 is 14.7 Å². The van der Waals surface area contributed by atoms with Crippen LogP contribution in [0.25, 0.3) is 11.1 Å². The lowest BCUT2D eigenvalue weighted by Crippen LogP contribution is -2.40. The molecular formula is C20H21N3O3. The van der Waals surface area contributed by atoms with Crippen LogP contribution in [0.3, 0.4) is 0 Å². The van der Waals surface area contributed by atoms with Gasteiger partial charge in [0.2, 0.25) is 0 Å². The molecule has 2 aromatic rings. The largest absolute Gasteiger partial charge is 0.481 e. The highest BCUT2D eigenvalue weighted by Crippen LogP contribution is 2.23. The Hall–Kier alpha value is -3.15. The Balaban J connectivity index is 1.68. The first-order chi connectivity index (χ1) is 12.5. The van der Waals surface area contributed by atoms with Crippen molar-refractivity contribution in [3.05, 3.63) is 59.7 Å². The molecular weight excluding hydrogens is 330 g/mol. The number of carbonyl (C=O) groups excluding carboxylic acids is 1. The maximum Gasteiger partial charge on any atom is 0.306 e. The smallest absolute Gasteiger partial charge is 0.306 e. The van der Waals surface area contributed by atoms with Gasteiger partial charge in [-0.1, -0.05) is 36.4 Å². The van der Waals surface area contributed by atoms with Gasteiger partial charge in [0.25, 0.3) is 5.91 Å². The molecule has 0 aliphatic carbocycles. The summed E-state index contributed by atoms with van der Waals surface area (Å²) in [6.45, 7) is 0.952. The van der Waals surface area contributed by atoms with Crippen LogP contribution in [0.1, 0.15) is 28.8 Å². The average molecular weight is 351 g/mol. The minimum absolute atomic E-state index is 0.0316. The van der Waals surface area contributed by atoms with E-state index in [1.165, 1.54) is 0 Å². The average Bonchev–Trinajstić information content (AvgIpc) is 2.67. The normalized spacial score (nSPS) is 14.8. The maximum atomic E-state index is 12.6. The summed E-state index contributed by atoms with van der Waals surface area (Å²) in [4.78, 5) is 25.3. The predicted molar refractivity (Wildman–Crippen MR) is 99.2 cm³/mol. The van der Waals surface area contributed by atoms with Gasteiger partial charge in [-0.25, -0.2) is 0 Å². The summed E-state index contributed by atoms with van der Waals surface area (Å²) in [7, 11) is 0. The Morgan fingerprint density at radius 1 is 0.923 bits per heavy atom. The fourth-order valence-electron chi connectivity index (χ4n) is 3.16. The predicted octanol–water partition coefficient (Wildman–Crippen LogP) is 2.57. The third-order valence-electron chi connectivity index (χ3n) is 4.79. The number of likely N-dealkylation sites (tertiary alicyclic amines) is 1. The van der Waals surface area contributed by atoms with Crippen molar-refractivity contribution in [1.29, 1.82) is 5.41 Å². The molecule has 1 amide bonds. The highest BCUT2D eigenvalue weighted by molar-refractivity contribution is 5.96. The molecule has 0 atom stereocenters. The molecule has 1 saturated heterocycles. The first kappa shape index (κ1) is 17.7. The molecule has 6 nitrogen and oxygen atoms in total. The second-order valence-electron chi connectivity index (χ2n) is 6.47. The highest BCUT2D eigenvalue weighted by atomic mass is 16.4. The van der Waals surface area contributed by atoms with Crippen LogP contribution in [-0.4, -0.2) is 40.8 Å². The fraction of sp³-hybridized carbons (Fsp3) is 0.250. The summed E-state index contributed by atoms with van der Waals surface area (Å²) < 4.78 is 0. The second-order valence-corrected chi connectivity index (χ2v) is 6.47. The van der Waals surface area contributed by atoms with Gasteiger partial charge in [0.15, 0.2) is 0 Å². The number of carbonyl (C=O) groups is 2. The van der Waals surface area contributed by atoms with Gasteiger partial charge in [0.05, 0.1) is 5.92 Å². The Kier molecular flexibility index (Phi) is 5.02. The molecule has 0 spiro atoms. The Labute approximate surface area is 151 Å². The number of piperidine rings is 1. The first-order valence-corrected chi connectivity index (χ1v) is 8.52.